The molecule has 1 aliphatic heterocycles. The van der Waals surface area contributed by atoms with Gasteiger partial charge in [0.05, 0.1) is 11.1 Å². The normalized spacial score (nSPS) is 14.6. The summed E-state index contributed by atoms with van der Waals surface area (Å²) in [7, 11) is 0. The quantitative estimate of drug-likeness (QED) is 0.322. The standard InChI is InChI=1S/C28H25F3N4O/c29-28(30,31)27-16-24(19-35-13-11-33-12-14-35)23(18-34-36)15-22(27)10-9-21-7-4-8-25(26(21)17-32)20-5-2-1-3-6-20/h1-10,15-16,33H,11-14,18-19H2/b10-9+. The average Bonchev–Trinajstić information content (AvgIpc) is 2.89. The van der Waals surface area contributed by atoms with Crippen molar-refractivity contribution in [2.75, 3.05) is 26.2 Å². The van der Waals surface area contributed by atoms with Crippen LogP contribution in [0.25, 0.3) is 23.3 Å². The largest absolute Gasteiger partial charge is 0.416 e. The summed E-state index contributed by atoms with van der Waals surface area (Å²) in [6.45, 7) is 3.05. The summed E-state index contributed by atoms with van der Waals surface area (Å²) < 4.78 is 42.3. The number of benzene rings is 3. The lowest BCUT2D eigenvalue weighted by molar-refractivity contribution is -0.137. The first-order valence-electron chi connectivity index (χ1n) is 11.6. The van der Waals surface area contributed by atoms with E-state index in [2.05, 4.69) is 21.5 Å². The molecule has 0 amide bonds. The van der Waals surface area contributed by atoms with Crippen molar-refractivity contribution in [1.82, 2.24) is 10.2 Å². The van der Waals surface area contributed by atoms with Crippen molar-refractivity contribution in [2.24, 2.45) is 5.18 Å². The third kappa shape index (κ3) is 5.88. The molecule has 4 rings (SSSR count). The molecule has 0 spiro atoms. The van der Waals surface area contributed by atoms with Gasteiger partial charge < -0.3 is 5.32 Å². The highest BCUT2D eigenvalue weighted by atomic mass is 19.4. The number of hydrogen-bond acceptors (Lipinski definition) is 5. The Bertz CT molecular complexity index is 1290. The molecular formula is C28H25F3N4O. The van der Waals surface area contributed by atoms with Gasteiger partial charge in [0, 0.05) is 38.3 Å². The second kappa shape index (κ2) is 11.3. The molecule has 184 valence electrons. The molecule has 0 radical (unpaired) electrons. The molecule has 0 aromatic heterocycles. The van der Waals surface area contributed by atoms with Crippen LogP contribution < -0.4 is 5.32 Å². The van der Waals surface area contributed by atoms with E-state index in [4.69, 9.17) is 0 Å². The van der Waals surface area contributed by atoms with Gasteiger partial charge in [-0.15, -0.1) is 0 Å². The maximum Gasteiger partial charge on any atom is 0.416 e. The first kappa shape index (κ1) is 25.3. The minimum atomic E-state index is -4.59. The first-order chi connectivity index (χ1) is 17.4. The molecule has 1 N–H and O–H groups in total. The molecule has 1 aliphatic rings. The van der Waals surface area contributed by atoms with Crippen molar-refractivity contribution < 1.29 is 13.2 Å². The van der Waals surface area contributed by atoms with Gasteiger partial charge in [0.1, 0.15) is 12.6 Å². The molecule has 5 nitrogen and oxygen atoms in total. The van der Waals surface area contributed by atoms with Crippen LogP contribution >= 0.6 is 0 Å². The van der Waals surface area contributed by atoms with Crippen LogP contribution in [0.5, 0.6) is 0 Å². The van der Waals surface area contributed by atoms with E-state index in [1.165, 1.54) is 18.2 Å². The number of piperazine rings is 1. The molecule has 0 unspecified atom stereocenters. The predicted octanol–water partition coefficient (Wildman–Crippen LogP) is 6.09. The van der Waals surface area contributed by atoms with Gasteiger partial charge in [-0.25, -0.2) is 0 Å². The van der Waals surface area contributed by atoms with Gasteiger partial charge in [0.2, 0.25) is 0 Å². The van der Waals surface area contributed by atoms with Gasteiger partial charge in [-0.05, 0) is 39.9 Å². The lowest BCUT2D eigenvalue weighted by atomic mass is 9.94. The smallest absolute Gasteiger partial charge is 0.314 e. The summed E-state index contributed by atoms with van der Waals surface area (Å²) in [5.41, 5.74) is 2.49. The highest BCUT2D eigenvalue weighted by Gasteiger charge is 2.34. The van der Waals surface area contributed by atoms with Gasteiger partial charge >= 0.3 is 6.18 Å². The molecule has 0 saturated carbocycles. The molecular weight excluding hydrogens is 465 g/mol. The van der Waals surface area contributed by atoms with Gasteiger partial charge in [-0.3, -0.25) is 4.90 Å². The number of hydrogen-bond donors (Lipinski definition) is 1. The van der Waals surface area contributed by atoms with Crippen molar-refractivity contribution in [3.8, 4) is 17.2 Å². The molecule has 1 fully saturated rings. The monoisotopic (exact) mass is 490 g/mol. The number of nitrogens with one attached hydrogen (secondary N) is 1. The first-order valence-corrected chi connectivity index (χ1v) is 11.6. The van der Waals surface area contributed by atoms with E-state index in [1.54, 1.807) is 12.1 Å². The molecule has 0 atom stereocenters. The fourth-order valence-corrected chi connectivity index (χ4v) is 4.44. The summed E-state index contributed by atoms with van der Waals surface area (Å²) in [5.74, 6) is 0. The van der Waals surface area contributed by atoms with E-state index < -0.39 is 11.7 Å². The Kier molecular flexibility index (Phi) is 7.93. The summed E-state index contributed by atoms with van der Waals surface area (Å²) in [5, 5.41) is 16.0. The van der Waals surface area contributed by atoms with Crippen LogP contribution in [0.4, 0.5) is 13.2 Å². The van der Waals surface area contributed by atoms with Crippen molar-refractivity contribution in [2.45, 2.75) is 19.3 Å². The Labute approximate surface area is 207 Å². The third-order valence-corrected chi connectivity index (χ3v) is 6.25. The van der Waals surface area contributed by atoms with Gasteiger partial charge in [-0.1, -0.05) is 65.9 Å². The molecule has 36 heavy (non-hydrogen) atoms. The van der Waals surface area contributed by atoms with Crippen LogP contribution in [0, 0.1) is 16.2 Å². The third-order valence-electron chi connectivity index (χ3n) is 6.25. The highest BCUT2D eigenvalue weighted by molar-refractivity contribution is 5.81. The zero-order valence-electron chi connectivity index (χ0n) is 19.6. The van der Waals surface area contributed by atoms with Crippen LogP contribution in [0.2, 0.25) is 0 Å². The maximum absolute atomic E-state index is 14.1. The number of halogens is 3. The molecule has 1 heterocycles. The van der Waals surface area contributed by atoms with Crippen molar-refractivity contribution >= 4 is 12.2 Å². The lowest BCUT2D eigenvalue weighted by Crippen LogP contribution is -2.43. The van der Waals surface area contributed by atoms with E-state index >= 15 is 0 Å². The second-order valence-electron chi connectivity index (χ2n) is 8.60. The minimum absolute atomic E-state index is 0.0702. The van der Waals surface area contributed by atoms with Crippen molar-refractivity contribution in [3.63, 3.8) is 0 Å². The van der Waals surface area contributed by atoms with Crippen molar-refractivity contribution in [3.05, 3.63) is 99.0 Å². The Hall–Kier alpha value is -3.80. The van der Waals surface area contributed by atoms with Crippen LogP contribution in [-0.2, 0) is 19.3 Å². The minimum Gasteiger partial charge on any atom is -0.314 e. The van der Waals surface area contributed by atoms with E-state index in [0.29, 0.717) is 47.5 Å². The number of nitroso groups, excluding NO2 is 1. The van der Waals surface area contributed by atoms with Gasteiger partial charge in [0.25, 0.3) is 0 Å². The molecule has 1 saturated heterocycles. The summed E-state index contributed by atoms with van der Waals surface area (Å²) >= 11 is 0. The molecule has 8 heteroatoms. The van der Waals surface area contributed by atoms with E-state index in [9.17, 15) is 23.3 Å². The van der Waals surface area contributed by atoms with Crippen LogP contribution in [0.15, 0.2) is 65.8 Å². The highest BCUT2D eigenvalue weighted by Crippen LogP contribution is 2.36. The fraction of sp³-hybridized carbons (Fsp3) is 0.250. The number of nitriles is 1. The van der Waals surface area contributed by atoms with Gasteiger partial charge in [0.15, 0.2) is 0 Å². The summed E-state index contributed by atoms with van der Waals surface area (Å²) in [6.07, 6.45) is -1.71. The molecule has 3 aromatic rings. The van der Waals surface area contributed by atoms with Crippen LogP contribution in [0.1, 0.15) is 33.4 Å². The van der Waals surface area contributed by atoms with Crippen molar-refractivity contribution in [1.29, 1.82) is 5.26 Å². The Balaban J connectivity index is 1.75. The predicted molar refractivity (Wildman–Crippen MR) is 135 cm³/mol. The Morgan fingerprint density at radius 2 is 1.69 bits per heavy atom. The maximum atomic E-state index is 14.1. The molecule has 0 aliphatic carbocycles. The van der Waals surface area contributed by atoms with E-state index in [1.807, 2.05) is 36.4 Å². The number of rotatable bonds is 7. The van der Waals surface area contributed by atoms with Gasteiger partial charge in [-0.2, -0.15) is 23.3 Å². The van der Waals surface area contributed by atoms with Crippen LogP contribution in [-0.4, -0.2) is 31.1 Å². The van der Waals surface area contributed by atoms with Crippen LogP contribution in [0.3, 0.4) is 0 Å². The van der Waals surface area contributed by atoms with E-state index in [0.717, 1.165) is 24.7 Å². The Morgan fingerprint density at radius 1 is 0.972 bits per heavy atom. The van der Waals surface area contributed by atoms with E-state index in [-0.39, 0.29) is 12.1 Å². The molecule has 0 bridgehead atoms. The number of alkyl halides is 3. The lowest BCUT2D eigenvalue weighted by Gasteiger charge is -2.28. The number of nitrogens with zero attached hydrogens (tertiary/aromatic N) is 3. The SMILES string of the molecule is N#Cc1c(/C=C/c2cc(CN=O)c(CN3CCNCC3)cc2C(F)(F)F)cccc1-c1ccccc1. The Morgan fingerprint density at radius 3 is 2.36 bits per heavy atom. The summed E-state index contributed by atoms with van der Waals surface area (Å²) in [6, 6.07) is 19.3. The average molecular weight is 491 g/mol. The zero-order valence-corrected chi connectivity index (χ0v) is 19.6. The summed E-state index contributed by atoms with van der Waals surface area (Å²) in [4.78, 5) is 13.2. The second-order valence-corrected chi connectivity index (χ2v) is 8.60. The fourth-order valence-electron chi connectivity index (χ4n) is 4.44. The topological polar surface area (TPSA) is 68.5 Å². The zero-order chi connectivity index (χ0) is 25.5. The molecule has 3 aromatic carbocycles.